The molecule has 21 heavy (non-hydrogen) atoms. The van der Waals surface area contributed by atoms with Gasteiger partial charge in [0.25, 0.3) is 5.91 Å². The summed E-state index contributed by atoms with van der Waals surface area (Å²) in [5, 5.41) is 9.92. The van der Waals surface area contributed by atoms with E-state index in [0.29, 0.717) is 24.5 Å². The fraction of sp³-hybridized carbons (Fsp3) is 0.625. The van der Waals surface area contributed by atoms with Crippen LogP contribution in [0.15, 0.2) is 18.3 Å². The van der Waals surface area contributed by atoms with Crippen molar-refractivity contribution in [2.45, 2.75) is 45.8 Å². The molecule has 2 rings (SSSR count). The maximum absolute atomic E-state index is 12.5. The second kappa shape index (κ2) is 6.89. The highest BCUT2D eigenvalue weighted by Gasteiger charge is 2.28. The molecule has 1 fully saturated rings. The molecule has 0 aromatic carbocycles. The number of carbonyl (C=O) groups is 1. The average Bonchev–Trinajstić information content (AvgIpc) is 2.49. The summed E-state index contributed by atoms with van der Waals surface area (Å²) >= 11 is 0. The third-order valence-electron chi connectivity index (χ3n) is 4.08. The van der Waals surface area contributed by atoms with Crippen molar-refractivity contribution in [2.75, 3.05) is 13.1 Å². The zero-order valence-corrected chi connectivity index (χ0v) is 13.0. The minimum absolute atomic E-state index is 0.0699. The Morgan fingerprint density at radius 1 is 1.62 bits per heavy atom. The molecule has 1 saturated heterocycles. The molecule has 0 bridgehead atoms. The number of ether oxygens (including phenoxy) is 1. The second-order valence-electron chi connectivity index (χ2n) is 5.80. The summed E-state index contributed by atoms with van der Waals surface area (Å²) in [4.78, 5) is 18.3. The molecule has 1 amide bonds. The minimum atomic E-state index is -0.444. The number of carbonyl (C=O) groups excluding carboxylic acids is 1. The molecule has 0 aliphatic carbocycles. The molecule has 5 heteroatoms. The van der Waals surface area contributed by atoms with Gasteiger partial charge in [-0.3, -0.25) is 4.79 Å². The number of nitrogens with zero attached hydrogens (tertiary/aromatic N) is 2. The van der Waals surface area contributed by atoms with E-state index in [0.717, 1.165) is 12.8 Å². The van der Waals surface area contributed by atoms with Gasteiger partial charge in [-0.15, -0.1) is 0 Å². The molecule has 3 atom stereocenters. The number of aromatic nitrogens is 1. The second-order valence-corrected chi connectivity index (χ2v) is 5.80. The van der Waals surface area contributed by atoms with Crippen LogP contribution in [0.3, 0.4) is 0 Å². The smallest absolute Gasteiger partial charge is 0.254 e. The first-order valence-electron chi connectivity index (χ1n) is 7.61. The number of hydrogen-bond acceptors (Lipinski definition) is 4. The van der Waals surface area contributed by atoms with Crippen molar-refractivity contribution in [3.8, 4) is 5.88 Å². The Morgan fingerprint density at radius 3 is 3.05 bits per heavy atom. The number of β-amino-alcohol motifs (C(OH)–C–C–N with tert-alkyl or cyclic N) is 1. The molecule has 0 spiro atoms. The molecule has 2 heterocycles. The van der Waals surface area contributed by atoms with Gasteiger partial charge in [0.2, 0.25) is 5.88 Å². The lowest BCUT2D eigenvalue weighted by Gasteiger charge is -2.34. The third-order valence-corrected chi connectivity index (χ3v) is 4.08. The number of aliphatic hydroxyl groups is 1. The molecule has 1 N–H and O–H groups in total. The zero-order valence-electron chi connectivity index (χ0n) is 13.0. The van der Waals surface area contributed by atoms with Crippen LogP contribution in [0.1, 0.15) is 44.0 Å². The van der Waals surface area contributed by atoms with E-state index >= 15 is 0 Å². The SMILES string of the molecule is CC[C@H](C)Oc1cc(C(=O)N2CC[C@H](C)[C@@H](O)C2)ccn1. The Bertz CT molecular complexity index is 492. The van der Waals surface area contributed by atoms with E-state index in [2.05, 4.69) is 4.98 Å². The first kappa shape index (κ1) is 15.8. The highest BCUT2D eigenvalue weighted by atomic mass is 16.5. The third kappa shape index (κ3) is 3.94. The Labute approximate surface area is 125 Å². The first-order chi connectivity index (χ1) is 10.0. The molecule has 0 saturated carbocycles. The van der Waals surface area contributed by atoms with Crippen molar-refractivity contribution in [3.05, 3.63) is 23.9 Å². The Hall–Kier alpha value is -1.62. The fourth-order valence-electron chi connectivity index (χ4n) is 2.31. The Kier molecular flexibility index (Phi) is 5.17. The van der Waals surface area contributed by atoms with Crippen LogP contribution in [0.2, 0.25) is 0 Å². The molecule has 1 aromatic rings. The molecule has 1 aliphatic heterocycles. The van der Waals surface area contributed by atoms with Crippen LogP contribution in [0, 0.1) is 5.92 Å². The number of pyridine rings is 1. The number of amides is 1. The molecule has 1 aromatic heterocycles. The van der Waals surface area contributed by atoms with Gasteiger partial charge in [-0.2, -0.15) is 0 Å². The lowest BCUT2D eigenvalue weighted by Crippen LogP contribution is -2.45. The molecule has 116 valence electrons. The average molecular weight is 292 g/mol. The number of piperidine rings is 1. The molecule has 1 aliphatic rings. The van der Waals surface area contributed by atoms with Gasteiger partial charge < -0.3 is 14.7 Å². The maximum atomic E-state index is 12.5. The van der Waals surface area contributed by atoms with Crippen molar-refractivity contribution in [2.24, 2.45) is 5.92 Å². The van der Waals surface area contributed by atoms with Crippen molar-refractivity contribution < 1.29 is 14.6 Å². The van der Waals surface area contributed by atoms with Gasteiger partial charge in [0.1, 0.15) is 0 Å². The molecular weight excluding hydrogens is 268 g/mol. The van der Waals surface area contributed by atoms with E-state index in [4.69, 9.17) is 4.74 Å². The van der Waals surface area contributed by atoms with E-state index in [9.17, 15) is 9.90 Å². The van der Waals surface area contributed by atoms with Crippen LogP contribution in [0.25, 0.3) is 0 Å². The number of hydrogen-bond donors (Lipinski definition) is 1. The van der Waals surface area contributed by atoms with Gasteiger partial charge in [-0.1, -0.05) is 13.8 Å². The lowest BCUT2D eigenvalue weighted by atomic mass is 9.95. The lowest BCUT2D eigenvalue weighted by molar-refractivity contribution is 0.0248. The standard InChI is InChI=1S/C16H24N2O3/c1-4-12(3)21-15-9-13(5-7-17-15)16(20)18-8-6-11(2)14(19)10-18/h5,7,9,11-12,14,19H,4,6,8,10H2,1-3H3/t11-,12-,14-/m0/s1. The molecule has 5 nitrogen and oxygen atoms in total. The van der Waals surface area contributed by atoms with Crippen LogP contribution in [0.4, 0.5) is 0 Å². The number of likely N-dealkylation sites (tertiary alicyclic amines) is 1. The summed E-state index contributed by atoms with van der Waals surface area (Å²) < 4.78 is 5.65. The fourth-order valence-corrected chi connectivity index (χ4v) is 2.31. The summed E-state index contributed by atoms with van der Waals surface area (Å²) in [7, 11) is 0. The van der Waals surface area contributed by atoms with E-state index in [-0.39, 0.29) is 17.9 Å². The highest BCUT2D eigenvalue weighted by Crippen LogP contribution is 2.20. The molecular formula is C16H24N2O3. The monoisotopic (exact) mass is 292 g/mol. The first-order valence-corrected chi connectivity index (χ1v) is 7.61. The minimum Gasteiger partial charge on any atom is -0.475 e. The summed E-state index contributed by atoms with van der Waals surface area (Å²) in [5.74, 6) is 0.647. The van der Waals surface area contributed by atoms with Crippen LogP contribution in [-0.2, 0) is 0 Å². The largest absolute Gasteiger partial charge is 0.475 e. The van der Waals surface area contributed by atoms with Crippen molar-refractivity contribution in [1.29, 1.82) is 0 Å². The van der Waals surface area contributed by atoms with Gasteiger partial charge in [0.05, 0.1) is 12.2 Å². The molecule has 0 unspecified atom stereocenters. The Morgan fingerprint density at radius 2 is 2.38 bits per heavy atom. The summed E-state index contributed by atoms with van der Waals surface area (Å²) in [6, 6.07) is 3.37. The Balaban J connectivity index is 2.07. The predicted molar refractivity (Wildman–Crippen MR) is 80.3 cm³/mol. The van der Waals surface area contributed by atoms with Crippen LogP contribution in [0.5, 0.6) is 5.88 Å². The van der Waals surface area contributed by atoms with Crippen molar-refractivity contribution >= 4 is 5.91 Å². The van der Waals surface area contributed by atoms with E-state index in [1.807, 2.05) is 20.8 Å². The van der Waals surface area contributed by atoms with E-state index in [1.54, 1.807) is 23.2 Å². The quantitative estimate of drug-likeness (QED) is 0.923. The predicted octanol–water partition coefficient (Wildman–Crippen LogP) is 2.10. The summed E-state index contributed by atoms with van der Waals surface area (Å²) in [6.45, 7) is 7.09. The highest BCUT2D eigenvalue weighted by molar-refractivity contribution is 5.94. The molecule has 0 radical (unpaired) electrons. The van der Waals surface area contributed by atoms with Crippen LogP contribution < -0.4 is 4.74 Å². The van der Waals surface area contributed by atoms with Gasteiger partial charge in [-0.05, 0) is 31.7 Å². The van der Waals surface area contributed by atoms with E-state index in [1.165, 1.54) is 0 Å². The van der Waals surface area contributed by atoms with Gasteiger partial charge in [0.15, 0.2) is 0 Å². The normalized spacial score (nSPS) is 23.7. The zero-order chi connectivity index (χ0) is 15.4. The van der Waals surface area contributed by atoms with Crippen molar-refractivity contribution in [1.82, 2.24) is 9.88 Å². The topological polar surface area (TPSA) is 62.7 Å². The van der Waals surface area contributed by atoms with Crippen molar-refractivity contribution in [3.63, 3.8) is 0 Å². The summed E-state index contributed by atoms with van der Waals surface area (Å²) in [6.07, 6.45) is 2.93. The maximum Gasteiger partial charge on any atom is 0.254 e. The van der Waals surface area contributed by atoms with Gasteiger partial charge in [-0.25, -0.2) is 4.98 Å². The number of aliphatic hydroxyl groups excluding tert-OH is 1. The number of rotatable bonds is 4. The summed E-state index contributed by atoms with van der Waals surface area (Å²) in [5.41, 5.74) is 0.560. The van der Waals surface area contributed by atoms with E-state index < -0.39 is 6.10 Å². The van der Waals surface area contributed by atoms with Gasteiger partial charge >= 0.3 is 0 Å². The van der Waals surface area contributed by atoms with Crippen LogP contribution >= 0.6 is 0 Å². The van der Waals surface area contributed by atoms with Gasteiger partial charge in [0, 0.05) is 30.9 Å². The van der Waals surface area contributed by atoms with Crippen LogP contribution in [-0.4, -0.2) is 46.2 Å².